The molecule has 2 aromatic rings. The first kappa shape index (κ1) is 12.6. The smallest absolute Gasteiger partial charge is 0.261 e. The van der Waals surface area contributed by atoms with Crippen molar-refractivity contribution in [2.24, 2.45) is 7.05 Å². The molecule has 0 saturated carbocycles. The Kier molecular flexibility index (Phi) is 3.06. The van der Waals surface area contributed by atoms with E-state index in [0.29, 0.717) is 0 Å². The van der Waals surface area contributed by atoms with E-state index in [1.807, 2.05) is 24.7 Å². The van der Waals surface area contributed by atoms with Crippen molar-refractivity contribution in [1.29, 1.82) is 0 Å². The molecule has 6 heteroatoms. The first-order valence-corrected chi connectivity index (χ1v) is 7.29. The van der Waals surface area contributed by atoms with Crippen LogP contribution < -0.4 is 5.32 Å². The Labute approximate surface area is 116 Å². The second-order valence-corrected chi connectivity index (χ2v) is 6.29. The molecule has 102 valence electrons. The Morgan fingerprint density at radius 3 is 2.95 bits per heavy atom. The van der Waals surface area contributed by atoms with Crippen LogP contribution in [0.1, 0.15) is 21.8 Å². The molecule has 3 rings (SSSR count). The summed E-state index contributed by atoms with van der Waals surface area (Å²) in [5.41, 5.74) is 0.980. The third-order valence-corrected chi connectivity index (χ3v) is 4.85. The van der Waals surface area contributed by atoms with Gasteiger partial charge in [0.05, 0.1) is 10.6 Å². The maximum atomic E-state index is 12.2. The second kappa shape index (κ2) is 4.61. The first-order valence-electron chi connectivity index (χ1n) is 6.47. The topological polar surface area (TPSA) is 50.2 Å². The van der Waals surface area contributed by atoms with E-state index >= 15 is 0 Å². The summed E-state index contributed by atoms with van der Waals surface area (Å²) in [6.07, 6.45) is 1.04. The van der Waals surface area contributed by atoms with Crippen molar-refractivity contribution in [3.8, 4) is 0 Å². The van der Waals surface area contributed by atoms with Crippen LogP contribution >= 0.6 is 11.3 Å². The molecule has 1 amide bonds. The second-order valence-electron chi connectivity index (χ2n) is 5.26. The molecule has 0 bridgehead atoms. The molecule has 1 N–H and O–H groups in total. The number of nitrogens with zero attached hydrogens (tertiary/aromatic N) is 3. The maximum absolute atomic E-state index is 12.2. The molecule has 5 nitrogen and oxygen atoms in total. The zero-order chi connectivity index (χ0) is 13.6. The fourth-order valence-electron chi connectivity index (χ4n) is 2.63. The van der Waals surface area contributed by atoms with Crippen molar-refractivity contribution in [2.45, 2.75) is 19.4 Å². The van der Waals surface area contributed by atoms with Crippen molar-refractivity contribution < 1.29 is 4.79 Å². The lowest BCUT2D eigenvalue weighted by atomic mass is 10.2. The summed E-state index contributed by atoms with van der Waals surface area (Å²) >= 11 is 1.51. The van der Waals surface area contributed by atoms with Crippen molar-refractivity contribution in [2.75, 3.05) is 20.1 Å². The van der Waals surface area contributed by atoms with Crippen LogP contribution in [0.15, 0.2) is 6.07 Å². The average Bonchev–Trinajstić information content (AvgIpc) is 3.00. The van der Waals surface area contributed by atoms with Crippen molar-refractivity contribution in [3.63, 3.8) is 0 Å². The molecule has 0 aliphatic carbocycles. The van der Waals surface area contributed by atoms with E-state index in [0.717, 1.165) is 40.3 Å². The minimum absolute atomic E-state index is 0.0425. The Bertz CT molecular complexity index is 595. The van der Waals surface area contributed by atoms with Crippen LogP contribution in [0.2, 0.25) is 0 Å². The SMILES string of the molecule is Cc1nn(C)c2sc(C(=O)N[C@@H]3CCN(C)C3)cc12. The number of amides is 1. The summed E-state index contributed by atoms with van der Waals surface area (Å²) in [5, 5.41) is 8.55. The van der Waals surface area contributed by atoms with E-state index in [9.17, 15) is 4.79 Å². The third kappa shape index (κ3) is 2.26. The Balaban J connectivity index is 1.80. The lowest BCUT2D eigenvalue weighted by molar-refractivity contribution is 0.0942. The number of thiophene rings is 1. The number of carbonyl (C=O) groups is 1. The summed E-state index contributed by atoms with van der Waals surface area (Å²) in [5.74, 6) is 0.0425. The molecule has 3 heterocycles. The number of likely N-dealkylation sites (N-methyl/N-ethyl adjacent to an activating group) is 1. The summed E-state index contributed by atoms with van der Waals surface area (Å²) in [6, 6.07) is 2.23. The van der Waals surface area contributed by atoms with Gasteiger partial charge in [0.15, 0.2) is 0 Å². The molecule has 19 heavy (non-hydrogen) atoms. The van der Waals surface area contributed by atoms with Gasteiger partial charge in [-0.15, -0.1) is 11.3 Å². The maximum Gasteiger partial charge on any atom is 0.261 e. The van der Waals surface area contributed by atoms with Crippen LogP contribution in [0, 0.1) is 6.92 Å². The molecular weight excluding hydrogens is 260 g/mol. The molecule has 1 atom stereocenters. The van der Waals surface area contributed by atoms with E-state index in [2.05, 4.69) is 22.4 Å². The zero-order valence-electron chi connectivity index (χ0n) is 11.4. The number of aryl methyl sites for hydroxylation is 2. The highest BCUT2D eigenvalue weighted by Crippen LogP contribution is 2.27. The van der Waals surface area contributed by atoms with Crippen molar-refractivity contribution in [1.82, 2.24) is 20.0 Å². The normalized spacial score (nSPS) is 20.3. The average molecular weight is 278 g/mol. The van der Waals surface area contributed by atoms with Crippen LogP contribution in [0.3, 0.4) is 0 Å². The molecule has 2 aromatic heterocycles. The Morgan fingerprint density at radius 1 is 1.53 bits per heavy atom. The number of rotatable bonds is 2. The van der Waals surface area contributed by atoms with Gasteiger partial charge in [0, 0.05) is 25.0 Å². The minimum atomic E-state index is 0.0425. The van der Waals surface area contributed by atoms with E-state index in [1.165, 1.54) is 11.3 Å². The fourth-order valence-corrected chi connectivity index (χ4v) is 3.65. The van der Waals surface area contributed by atoms with Gasteiger partial charge < -0.3 is 10.2 Å². The lowest BCUT2D eigenvalue weighted by Gasteiger charge is -2.11. The minimum Gasteiger partial charge on any atom is -0.347 e. The van der Waals surface area contributed by atoms with E-state index in [4.69, 9.17) is 0 Å². The summed E-state index contributed by atoms with van der Waals surface area (Å²) in [7, 11) is 4.00. The van der Waals surface area contributed by atoms with Gasteiger partial charge in [0.2, 0.25) is 0 Å². The van der Waals surface area contributed by atoms with Gasteiger partial charge in [0.25, 0.3) is 5.91 Å². The molecule has 1 fully saturated rings. The number of aromatic nitrogens is 2. The fraction of sp³-hybridized carbons (Fsp3) is 0.538. The van der Waals surface area contributed by atoms with Crippen LogP contribution in [0.25, 0.3) is 10.2 Å². The van der Waals surface area contributed by atoms with Crippen LogP contribution in [-0.4, -0.2) is 46.8 Å². The molecule has 1 aliphatic rings. The predicted molar refractivity (Wildman–Crippen MR) is 76.7 cm³/mol. The number of carbonyl (C=O) groups excluding carboxylic acids is 1. The number of fused-ring (bicyclic) bond motifs is 1. The third-order valence-electron chi connectivity index (χ3n) is 3.65. The summed E-state index contributed by atoms with van der Waals surface area (Å²) in [4.78, 5) is 16.3. The van der Waals surface area contributed by atoms with Gasteiger partial charge in [0.1, 0.15) is 4.83 Å². The summed E-state index contributed by atoms with van der Waals surface area (Å²) in [6.45, 7) is 3.97. The highest BCUT2D eigenvalue weighted by atomic mass is 32.1. The molecular formula is C13H18N4OS. The Hall–Kier alpha value is -1.40. The monoisotopic (exact) mass is 278 g/mol. The number of likely N-dealkylation sites (tertiary alicyclic amines) is 1. The van der Waals surface area contributed by atoms with Crippen molar-refractivity contribution in [3.05, 3.63) is 16.6 Å². The number of hydrogen-bond donors (Lipinski definition) is 1. The van der Waals surface area contributed by atoms with Crippen LogP contribution in [-0.2, 0) is 7.05 Å². The predicted octanol–water partition coefficient (Wildman–Crippen LogP) is 1.38. The molecule has 1 aliphatic heterocycles. The van der Waals surface area contributed by atoms with Crippen LogP contribution in [0.5, 0.6) is 0 Å². The molecule has 0 aromatic carbocycles. The van der Waals surface area contributed by atoms with E-state index in [-0.39, 0.29) is 11.9 Å². The molecule has 0 unspecified atom stereocenters. The van der Waals surface area contributed by atoms with Gasteiger partial charge in [-0.25, -0.2) is 0 Å². The first-order chi connectivity index (χ1) is 9.04. The number of hydrogen-bond acceptors (Lipinski definition) is 4. The van der Waals surface area contributed by atoms with Gasteiger partial charge in [-0.3, -0.25) is 9.48 Å². The van der Waals surface area contributed by atoms with Crippen molar-refractivity contribution >= 4 is 27.5 Å². The molecule has 0 spiro atoms. The quantitative estimate of drug-likeness (QED) is 0.903. The number of nitrogens with one attached hydrogen (secondary N) is 1. The van der Waals surface area contributed by atoms with Gasteiger partial charge in [-0.05, 0) is 33.0 Å². The standard InChI is InChI=1S/C13H18N4OS/c1-8-10-6-11(19-13(10)17(3)15-8)12(18)14-9-4-5-16(2)7-9/h6,9H,4-5,7H2,1-3H3,(H,14,18)/t9-/m1/s1. The highest BCUT2D eigenvalue weighted by Gasteiger charge is 2.23. The van der Waals surface area contributed by atoms with Crippen LogP contribution in [0.4, 0.5) is 0 Å². The van der Waals surface area contributed by atoms with Gasteiger partial charge in [-0.1, -0.05) is 0 Å². The molecule has 1 saturated heterocycles. The van der Waals surface area contributed by atoms with E-state index < -0.39 is 0 Å². The largest absolute Gasteiger partial charge is 0.347 e. The van der Waals surface area contributed by atoms with Gasteiger partial charge >= 0.3 is 0 Å². The zero-order valence-corrected chi connectivity index (χ0v) is 12.3. The summed E-state index contributed by atoms with van der Waals surface area (Å²) < 4.78 is 1.84. The Morgan fingerprint density at radius 2 is 2.32 bits per heavy atom. The van der Waals surface area contributed by atoms with E-state index in [1.54, 1.807) is 0 Å². The highest BCUT2D eigenvalue weighted by molar-refractivity contribution is 7.20. The van der Waals surface area contributed by atoms with Gasteiger partial charge in [-0.2, -0.15) is 5.10 Å². The lowest BCUT2D eigenvalue weighted by Crippen LogP contribution is -2.36. The molecule has 0 radical (unpaired) electrons.